The van der Waals surface area contributed by atoms with E-state index in [4.69, 9.17) is 11.6 Å². The molecule has 0 spiro atoms. The van der Waals surface area contributed by atoms with Crippen molar-refractivity contribution in [3.8, 4) is 5.82 Å². The highest BCUT2D eigenvalue weighted by Gasteiger charge is 2.33. The van der Waals surface area contributed by atoms with Gasteiger partial charge in [0.1, 0.15) is 5.82 Å². The Bertz CT molecular complexity index is 1010. The molecule has 2 aromatic heterocycles. The van der Waals surface area contributed by atoms with Crippen LogP contribution in [0.2, 0.25) is 5.15 Å². The van der Waals surface area contributed by atoms with Crippen LogP contribution in [0.4, 0.5) is 5.82 Å². The minimum absolute atomic E-state index is 0.0351. The van der Waals surface area contributed by atoms with Gasteiger partial charge in [-0.1, -0.05) is 29.8 Å². The van der Waals surface area contributed by atoms with Crippen LogP contribution in [0.5, 0.6) is 0 Å². The lowest BCUT2D eigenvalue weighted by molar-refractivity contribution is -0.116. The Morgan fingerprint density at radius 2 is 1.92 bits per heavy atom. The maximum atomic E-state index is 12.4. The molecule has 1 N–H and O–H groups in total. The van der Waals surface area contributed by atoms with Gasteiger partial charge in [-0.05, 0) is 49.6 Å². The zero-order valence-electron chi connectivity index (χ0n) is 14.7. The number of rotatable bonds is 2. The first-order valence-corrected chi connectivity index (χ1v) is 8.78. The predicted octanol–water partition coefficient (Wildman–Crippen LogP) is 3.72. The molecule has 1 amide bonds. The highest BCUT2D eigenvalue weighted by atomic mass is 35.5. The van der Waals surface area contributed by atoms with E-state index in [9.17, 15) is 4.79 Å². The number of carbonyl (C=O) groups excluding carboxylic acids is 1. The maximum Gasteiger partial charge on any atom is 0.226 e. The molecular weight excluding hydrogens is 350 g/mol. The van der Waals surface area contributed by atoms with Gasteiger partial charge in [0.15, 0.2) is 11.0 Å². The van der Waals surface area contributed by atoms with Gasteiger partial charge in [0.2, 0.25) is 5.91 Å². The number of aromatic nitrogens is 4. The minimum atomic E-state index is -0.0381. The second-order valence-corrected chi connectivity index (χ2v) is 7.01. The Hall–Kier alpha value is -2.73. The Labute approximate surface area is 156 Å². The van der Waals surface area contributed by atoms with E-state index < -0.39 is 0 Å². The summed E-state index contributed by atoms with van der Waals surface area (Å²) in [6.07, 6.45) is 0.397. The SMILES string of the molecule is Cc1ccc([C@H]2CC(=O)Nc3c2c(C)nn3-c2ccc(Cl)nn2)cc1C. The summed E-state index contributed by atoms with van der Waals surface area (Å²) in [7, 11) is 0. The van der Waals surface area contributed by atoms with Gasteiger partial charge in [-0.2, -0.15) is 9.78 Å². The Balaban J connectivity index is 1.86. The van der Waals surface area contributed by atoms with E-state index in [1.54, 1.807) is 16.8 Å². The molecule has 1 atom stereocenters. The number of anilines is 1. The second kappa shape index (κ2) is 6.21. The standard InChI is InChI=1S/C19H18ClN5O/c1-10-4-5-13(8-11(10)2)14-9-17(26)21-19-18(14)12(3)24-25(19)16-7-6-15(20)22-23-16/h4-8,14H,9H2,1-3H3,(H,21,26)/t14-/m1/s1. The van der Waals surface area contributed by atoms with Crippen LogP contribution in [0.15, 0.2) is 30.3 Å². The van der Waals surface area contributed by atoms with Crippen molar-refractivity contribution in [2.45, 2.75) is 33.1 Å². The lowest BCUT2D eigenvalue weighted by Crippen LogP contribution is -2.25. The van der Waals surface area contributed by atoms with E-state index in [1.807, 2.05) is 6.92 Å². The number of fused-ring (bicyclic) bond motifs is 1. The van der Waals surface area contributed by atoms with E-state index in [0.717, 1.165) is 16.8 Å². The molecule has 1 aromatic carbocycles. The fraction of sp³-hybridized carbons (Fsp3) is 0.263. The van der Waals surface area contributed by atoms with Crippen LogP contribution in [0, 0.1) is 20.8 Å². The molecule has 0 unspecified atom stereocenters. The number of aryl methyl sites for hydroxylation is 3. The van der Waals surface area contributed by atoms with E-state index in [1.165, 1.54) is 11.1 Å². The lowest BCUT2D eigenvalue weighted by Gasteiger charge is -2.24. The smallest absolute Gasteiger partial charge is 0.226 e. The molecular formula is C19H18ClN5O. The average molecular weight is 368 g/mol. The summed E-state index contributed by atoms with van der Waals surface area (Å²) in [6.45, 7) is 6.12. The summed E-state index contributed by atoms with van der Waals surface area (Å²) >= 11 is 5.83. The molecule has 26 heavy (non-hydrogen) atoms. The molecule has 1 aliphatic heterocycles. The van der Waals surface area contributed by atoms with Gasteiger partial charge in [-0.15, -0.1) is 10.2 Å². The van der Waals surface area contributed by atoms with Crippen LogP contribution >= 0.6 is 11.6 Å². The Morgan fingerprint density at radius 1 is 1.12 bits per heavy atom. The molecule has 0 bridgehead atoms. The molecule has 3 aromatic rings. The molecule has 132 valence electrons. The van der Waals surface area contributed by atoms with E-state index in [-0.39, 0.29) is 11.8 Å². The molecule has 0 saturated carbocycles. The number of benzene rings is 1. The van der Waals surface area contributed by atoms with Crippen molar-refractivity contribution in [1.82, 2.24) is 20.0 Å². The van der Waals surface area contributed by atoms with E-state index >= 15 is 0 Å². The van der Waals surface area contributed by atoms with Crippen LogP contribution in [-0.4, -0.2) is 25.9 Å². The number of nitrogens with zero attached hydrogens (tertiary/aromatic N) is 4. The number of halogens is 1. The summed E-state index contributed by atoms with van der Waals surface area (Å²) in [6, 6.07) is 9.73. The fourth-order valence-electron chi connectivity index (χ4n) is 3.40. The van der Waals surface area contributed by atoms with Crippen molar-refractivity contribution in [1.29, 1.82) is 0 Å². The first-order valence-electron chi connectivity index (χ1n) is 8.40. The van der Waals surface area contributed by atoms with Crippen molar-refractivity contribution in [2.75, 3.05) is 5.32 Å². The Morgan fingerprint density at radius 3 is 2.62 bits per heavy atom. The van der Waals surface area contributed by atoms with Gasteiger partial charge in [0.05, 0.1) is 5.69 Å². The third kappa shape index (κ3) is 2.76. The largest absolute Gasteiger partial charge is 0.310 e. The van der Waals surface area contributed by atoms with Crippen molar-refractivity contribution in [3.05, 3.63) is 63.4 Å². The molecule has 1 aliphatic rings. The highest BCUT2D eigenvalue weighted by molar-refractivity contribution is 6.29. The monoisotopic (exact) mass is 367 g/mol. The molecule has 0 saturated heterocycles. The number of hydrogen-bond donors (Lipinski definition) is 1. The highest BCUT2D eigenvalue weighted by Crippen LogP contribution is 2.40. The van der Waals surface area contributed by atoms with Crippen LogP contribution < -0.4 is 5.32 Å². The van der Waals surface area contributed by atoms with Crippen LogP contribution in [0.1, 0.15) is 40.3 Å². The topological polar surface area (TPSA) is 72.7 Å². The van der Waals surface area contributed by atoms with E-state index in [0.29, 0.717) is 23.2 Å². The number of nitrogens with one attached hydrogen (secondary N) is 1. The summed E-state index contributed by atoms with van der Waals surface area (Å²) in [5, 5.41) is 15.8. The van der Waals surface area contributed by atoms with Crippen LogP contribution in [0.25, 0.3) is 5.82 Å². The van der Waals surface area contributed by atoms with Gasteiger partial charge in [-0.3, -0.25) is 4.79 Å². The Kier molecular flexibility index (Phi) is 4.00. The predicted molar refractivity (Wildman–Crippen MR) is 99.9 cm³/mol. The second-order valence-electron chi connectivity index (χ2n) is 6.62. The van der Waals surface area contributed by atoms with Gasteiger partial charge >= 0.3 is 0 Å². The molecule has 3 heterocycles. The normalized spacial score (nSPS) is 16.3. The van der Waals surface area contributed by atoms with Crippen molar-refractivity contribution in [3.63, 3.8) is 0 Å². The summed E-state index contributed by atoms with van der Waals surface area (Å²) in [5.41, 5.74) is 5.44. The fourth-order valence-corrected chi connectivity index (χ4v) is 3.50. The van der Waals surface area contributed by atoms with Gasteiger partial charge < -0.3 is 5.32 Å². The first kappa shape index (κ1) is 16.7. The van der Waals surface area contributed by atoms with Crippen LogP contribution in [-0.2, 0) is 4.79 Å². The van der Waals surface area contributed by atoms with Gasteiger partial charge in [-0.25, -0.2) is 0 Å². The maximum absolute atomic E-state index is 12.4. The van der Waals surface area contributed by atoms with Gasteiger partial charge in [0, 0.05) is 17.9 Å². The third-order valence-corrected chi connectivity index (χ3v) is 5.07. The summed E-state index contributed by atoms with van der Waals surface area (Å²) in [4.78, 5) is 12.4. The van der Waals surface area contributed by atoms with Crippen molar-refractivity contribution >= 4 is 23.3 Å². The molecule has 0 aliphatic carbocycles. The zero-order chi connectivity index (χ0) is 18.4. The lowest BCUT2D eigenvalue weighted by atomic mass is 9.84. The van der Waals surface area contributed by atoms with Gasteiger partial charge in [0.25, 0.3) is 0 Å². The first-order chi connectivity index (χ1) is 12.4. The molecule has 4 rings (SSSR count). The van der Waals surface area contributed by atoms with Crippen molar-refractivity contribution < 1.29 is 4.79 Å². The zero-order valence-corrected chi connectivity index (χ0v) is 15.5. The molecule has 7 heteroatoms. The minimum Gasteiger partial charge on any atom is -0.310 e. The summed E-state index contributed by atoms with van der Waals surface area (Å²) < 4.78 is 1.62. The van der Waals surface area contributed by atoms with Crippen LogP contribution in [0.3, 0.4) is 0 Å². The average Bonchev–Trinajstić information content (AvgIpc) is 2.94. The molecule has 6 nitrogen and oxygen atoms in total. The summed E-state index contributed by atoms with van der Waals surface area (Å²) in [5.74, 6) is 1.09. The van der Waals surface area contributed by atoms with E-state index in [2.05, 4.69) is 52.7 Å². The number of amides is 1. The third-order valence-electron chi connectivity index (χ3n) is 4.87. The van der Waals surface area contributed by atoms with Crippen molar-refractivity contribution in [2.24, 2.45) is 0 Å². The number of hydrogen-bond acceptors (Lipinski definition) is 4. The number of carbonyl (C=O) groups is 1. The molecule has 0 fully saturated rings. The quantitative estimate of drug-likeness (QED) is 0.749. The molecule has 0 radical (unpaired) electrons.